The summed E-state index contributed by atoms with van der Waals surface area (Å²) in [7, 11) is 0. The molecule has 2 N–H and O–H groups in total. The van der Waals surface area contributed by atoms with Crippen LogP contribution in [0.2, 0.25) is 0 Å². The first-order valence-corrected chi connectivity index (χ1v) is 11.5. The number of carbonyl (C=O) groups excluding carboxylic acids is 2. The first-order chi connectivity index (χ1) is 14.2. The van der Waals surface area contributed by atoms with Gasteiger partial charge in [-0.05, 0) is 63.1 Å². The summed E-state index contributed by atoms with van der Waals surface area (Å²) in [6.07, 6.45) is 11.4. The van der Waals surface area contributed by atoms with Gasteiger partial charge in [0.15, 0.2) is 0 Å². The summed E-state index contributed by atoms with van der Waals surface area (Å²) in [6.45, 7) is 3.65. The first kappa shape index (κ1) is 20.0. The number of piperidine rings is 1. The molecule has 158 valence electrons. The monoisotopic (exact) mass is 398 g/mol. The van der Waals surface area contributed by atoms with Gasteiger partial charge < -0.3 is 20.4 Å². The van der Waals surface area contributed by atoms with E-state index in [0.717, 1.165) is 63.1 Å². The van der Waals surface area contributed by atoms with Gasteiger partial charge in [-0.15, -0.1) is 0 Å². The van der Waals surface area contributed by atoms with Gasteiger partial charge in [-0.3, -0.25) is 4.79 Å². The Balaban J connectivity index is 1.50. The summed E-state index contributed by atoms with van der Waals surface area (Å²) in [6, 6.07) is 5.93. The van der Waals surface area contributed by atoms with E-state index in [1.54, 1.807) is 0 Å². The highest BCUT2D eigenvalue weighted by Gasteiger charge is 2.25. The third-order valence-corrected chi connectivity index (χ3v) is 6.52. The quantitative estimate of drug-likeness (QED) is 0.792. The molecule has 1 saturated carbocycles. The fraction of sp³-hybridized carbons (Fsp3) is 0.652. The molecule has 0 atom stereocenters. The molecule has 0 aromatic heterocycles. The van der Waals surface area contributed by atoms with Crippen LogP contribution in [-0.2, 0) is 0 Å². The van der Waals surface area contributed by atoms with Crippen molar-refractivity contribution in [2.24, 2.45) is 0 Å². The SMILES string of the molecule is O=C(Nc1ccc(N2CCCC2)c(C(=O)N2CCCCC2)c1)NC1CCCCC1. The zero-order valence-electron chi connectivity index (χ0n) is 17.4. The normalized spacial score (nSPS) is 20.6. The number of hydrogen-bond donors (Lipinski definition) is 2. The number of nitrogens with zero attached hydrogens (tertiary/aromatic N) is 2. The molecule has 0 spiro atoms. The van der Waals surface area contributed by atoms with Gasteiger partial charge in [-0.2, -0.15) is 0 Å². The van der Waals surface area contributed by atoms with Crippen LogP contribution in [0.15, 0.2) is 18.2 Å². The summed E-state index contributed by atoms with van der Waals surface area (Å²) in [5.41, 5.74) is 2.43. The van der Waals surface area contributed by atoms with Gasteiger partial charge in [0.05, 0.1) is 5.56 Å². The third-order valence-electron chi connectivity index (χ3n) is 6.52. The van der Waals surface area contributed by atoms with E-state index in [2.05, 4.69) is 15.5 Å². The molecule has 1 aromatic rings. The molecule has 6 heteroatoms. The number of rotatable bonds is 4. The summed E-state index contributed by atoms with van der Waals surface area (Å²) in [5, 5.41) is 6.06. The maximum atomic E-state index is 13.3. The van der Waals surface area contributed by atoms with Crippen molar-refractivity contribution < 1.29 is 9.59 Å². The molecule has 2 aliphatic heterocycles. The Hall–Kier alpha value is -2.24. The van der Waals surface area contributed by atoms with Gasteiger partial charge in [0.2, 0.25) is 0 Å². The van der Waals surface area contributed by atoms with Crippen molar-refractivity contribution in [2.75, 3.05) is 36.4 Å². The van der Waals surface area contributed by atoms with E-state index in [0.29, 0.717) is 5.69 Å². The molecule has 3 amide bonds. The Morgan fingerprint density at radius 2 is 1.48 bits per heavy atom. The molecule has 0 bridgehead atoms. The van der Waals surface area contributed by atoms with Crippen molar-refractivity contribution in [3.63, 3.8) is 0 Å². The Morgan fingerprint density at radius 3 is 2.21 bits per heavy atom. The lowest BCUT2D eigenvalue weighted by Crippen LogP contribution is -2.39. The van der Waals surface area contributed by atoms with Crippen molar-refractivity contribution in [3.8, 4) is 0 Å². The lowest BCUT2D eigenvalue weighted by molar-refractivity contribution is 0.0725. The molecular weight excluding hydrogens is 364 g/mol. The molecule has 2 saturated heterocycles. The molecule has 4 rings (SSSR count). The van der Waals surface area contributed by atoms with E-state index < -0.39 is 0 Å². The standard InChI is InChI=1S/C23H34N4O2/c28-22(27-15-5-2-6-16-27)20-17-19(11-12-21(20)26-13-7-8-14-26)25-23(29)24-18-9-3-1-4-10-18/h11-12,17-18H,1-10,13-16H2,(H2,24,25,29). The van der Waals surface area contributed by atoms with Crippen molar-refractivity contribution in [1.29, 1.82) is 0 Å². The summed E-state index contributed by atoms with van der Waals surface area (Å²) < 4.78 is 0. The predicted molar refractivity (Wildman–Crippen MR) is 117 cm³/mol. The number of hydrogen-bond acceptors (Lipinski definition) is 3. The van der Waals surface area contributed by atoms with Crippen LogP contribution in [0.3, 0.4) is 0 Å². The van der Waals surface area contributed by atoms with Crippen LogP contribution in [0.25, 0.3) is 0 Å². The molecule has 3 aliphatic rings. The molecule has 29 heavy (non-hydrogen) atoms. The molecule has 6 nitrogen and oxygen atoms in total. The van der Waals surface area contributed by atoms with Crippen molar-refractivity contribution >= 4 is 23.3 Å². The average molecular weight is 399 g/mol. The summed E-state index contributed by atoms with van der Waals surface area (Å²) in [4.78, 5) is 30.1. The number of likely N-dealkylation sites (tertiary alicyclic amines) is 1. The highest BCUT2D eigenvalue weighted by Crippen LogP contribution is 2.29. The van der Waals surface area contributed by atoms with Crippen LogP contribution in [-0.4, -0.2) is 49.1 Å². The lowest BCUT2D eigenvalue weighted by Gasteiger charge is -2.29. The fourth-order valence-corrected chi connectivity index (χ4v) is 4.89. The minimum absolute atomic E-state index is 0.0999. The van der Waals surface area contributed by atoms with Crippen LogP contribution in [0.5, 0.6) is 0 Å². The Labute approximate surface area is 174 Å². The zero-order valence-corrected chi connectivity index (χ0v) is 17.4. The first-order valence-electron chi connectivity index (χ1n) is 11.5. The van der Waals surface area contributed by atoms with Crippen LogP contribution in [0.1, 0.15) is 74.6 Å². The highest BCUT2D eigenvalue weighted by molar-refractivity contribution is 6.02. The lowest BCUT2D eigenvalue weighted by atomic mass is 9.96. The third kappa shape index (κ3) is 5.03. The predicted octanol–water partition coefficient (Wildman–Crippen LogP) is 4.37. The number of anilines is 2. The van der Waals surface area contributed by atoms with Crippen LogP contribution in [0, 0.1) is 0 Å². The minimum Gasteiger partial charge on any atom is -0.371 e. The van der Waals surface area contributed by atoms with Crippen LogP contribution < -0.4 is 15.5 Å². The Kier molecular flexibility index (Phi) is 6.57. The molecule has 3 fully saturated rings. The van der Waals surface area contributed by atoms with Crippen molar-refractivity contribution in [1.82, 2.24) is 10.2 Å². The van der Waals surface area contributed by atoms with E-state index in [4.69, 9.17) is 0 Å². The molecule has 2 heterocycles. The largest absolute Gasteiger partial charge is 0.371 e. The van der Waals surface area contributed by atoms with E-state index in [1.807, 2.05) is 23.1 Å². The number of nitrogens with one attached hydrogen (secondary N) is 2. The van der Waals surface area contributed by atoms with Crippen LogP contribution >= 0.6 is 0 Å². The van der Waals surface area contributed by atoms with Crippen LogP contribution in [0.4, 0.5) is 16.2 Å². The maximum Gasteiger partial charge on any atom is 0.319 e. The molecule has 0 radical (unpaired) electrons. The molecule has 0 unspecified atom stereocenters. The van der Waals surface area contributed by atoms with E-state index >= 15 is 0 Å². The second-order valence-corrected chi connectivity index (χ2v) is 8.71. The number of benzene rings is 1. The fourth-order valence-electron chi connectivity index (χ4n) is 4.89. The Bertz CT molecular complexity index is 718. The van der Waals surface area contributed by atoms with E-state index in [9.17, 15) is 9.59 Å². The number of amides is 3. The van der Waals surface area contributed by atoms with Gasteiger partial charge >= 0.3 is 6.03 Å². The van der Waals surface area contributed by atoms with Gasteiger partial charge in [0.1, 0.15) is 0 Å². The van der Waals surface area contributed by atoms with Crippen molar-refractivity contribution in [3.05, 3.63) is 23.8 Å². The van der Waals surface area contributed by atoms with Gasteiger partial charge in [-0.25, -0.2) is 4.79 Å². The van der Waals surface area contributed by atoms with E-state index in [-0.39, 0.29) is 18.0 Å². The van der Waals surface area contributed by atoms with E-state index in [1.165, 1.54) is 38.5 Å². The molecular formula is C23H34N4O2. The molecule has 1 aliphatic carbocycles. The minimum atomic E-state index is -0.165. The second-order valence-electron chi connectivity index (χ2n) is 8.71. The molecule has 1 aromatic carbocycles. The van der Waals surface area contributed by atoms with Gasteiger partial charge in [0, 0.05) is 43.6 Å². The average Bonchev–Trinajstić information content (AvgIpc) is 3.29. The summed E-state index contributed by atoms with van der Waals surface area (Å²) >= 11 is 0. The second kappa shape index (κ2) is 9.51. The number of urea groups is 1. The van der Waals surface area contributed by atoms with Crippen molar-refractivity contribution in [2.45, 2.75) is 70.3 Å². The Morgan fingerprint density at radius 1 is 0.828 bits per heavy atom. The highest BCUT2D eigenvalue weighted by atomic mass is 16.2. The zero-order chi connectivity index (χ0) is 20.1. The maximum absolute atomic E-state index is 13.3. The summed E-state index contributed by atoms with van der Waals surface area (Å²) in [5.74, 6) is 0.0999. The van der Waals surface area contributed by atoms with Gasteiger partial charge in [-0.1, -0.05) is 19.3 Å². The van der Waals surface area contributed by atoms with Gasteiger partial charge in [0.25, 0.3) is 5.91 Å². The topological polar surface area (TPSA) is 64.7 Å². The smallest absolute Gasteiger partial charge is 0.319 e. The number of carbonyl (C=O) groups is 2.